The van der Waals surface area contributed by atoms with Crippen molar-refractivity contribution in [1.29, 1.82) is 0 Å². The Balaban J connectivity index is 1.41. The van der Waals surface area contributed by atoms with Crippen molar-refractivity contribution in [2.45, 2.75) is 31.7 Å². The Bertz CT molecular complexity index is 1010. The summed E-state index contributed by atoms with van der Waals surface area (Å²) in [6.45, 7) is 2.79. The van der Waals surface area contributed by atoms with Crippen LogP contribution in [0, 0.1) is 0 Å². The van der Waals surface area contributed by atoms with Crippen LogP contribution in [0.4, 0.5) is 0 Å². The van der Waals surface area contributed by atoms with Gasteiger partial charge in [-0.05, 0) is 30.7 Å². The number of amides is 3. The van der Waals surface area contributed by atoms with Crippen LogP contribution in [0.15, 0.2) is 48.5 Å². The summed E-state index contributed by atoms with van der Waals surface area (Å²) in [5, 5.41) is 3.50. The van der Waals surface area contributed by atoms with Gasteiger partial charge in [0.2, 0.25) is 11.8 Å². The molecule has 2 aromatic rings. The summed E-state index contributed by atoms with van der Waals surface area (Å²) in [6.07, 6.45) is -0.499. The molecule has 2 aliphatic heterocycles. The summed E-state index contributed by atoms with van der Waals surface area (Å²) in [5.74, 6) is -0.782. The summed E-state index contributed by atoms with van der Waals surface area (Å²) in [7, 11) is 0. The number of nitrogens with zero attached hydrogens (tertiary/aromatic N) is 2. The molecule has 168 valence electrons. The van der Waals surface area contributed by atoms with Crippen LogP contribution < -0.4 is 5.32 Å². The predicted octanol–water partition coefficient (Wildman–Crippen LogP) is 2.75. The van der Waals surface area contributed by atoms with Gasteiger partial charge in [0.15, 0.2) is 0 Å². The minimum atomic E-state index is -0.767. The summed E-state index contributed by atoms with van der Waals surface area (Å²) in [6, 6.07) is 12.7. The third-order valence-corrected chi connectivity index (χ3v) is 6.19. The van der Waals surface area contributed by atoms with Gasteiger partial charge in [-0.15, -0.1) is 0 Å². The first-order chi connectivity index (χ1) is 15.3. The first-order valence-corrected chi connectivity index (χ1v) is 11.1. The Morgan fingerprint density at radius 1 is 1.12 bits per heavy atom. The fraction of sp³-hybridized carbons (Fsp3) is 0.348. The zero-order valence-electron chi connectivity index (χ0n) is 17.5. The van der Waals surface area contributed by atoms with Gasteiger partial charge in [-0.2, -0.15) is 0 Å². The molecule has 2 saturated heterocycles. The van der Waals surface area contributed by atoms with Crippen molar-refractivity contribution < 1.29 is 19.1 Å². The predicted molar refractivity (Wildman–Crippen MR) is 120 cm³/mol. The van der Waals surface area contributed by atoms with Crippen molar-refractivity contribution in [2.75, 3.05) is 19.6 Å². The lowest BCUT2D eigenvalue weighted by molar-refractivity contribution is -0.156. The smallest absolute Gasteiger partial charge is 0.254 e. The average Bonchev–Trinajstić information content (AvgIpc) is 2.79. The maximum absolute atomic E-state index is 13.1. The van der Waals surface area contributed by atoms with E-state index in [9.17, 15) is 14.4 Å². The molecule has 0 unspecified atom stereocenters. The van der Waals surface area contributed by atoms with E-state index in [0.717, 1.165) is 5.56 Å². The van der Waals surface area contributed by atoms with Crippen LogP contribution in [0.3, 0.4) is 0 Å². The highest BCUT2D eigenvalue weighted by atomic mass is 35.5. The topological polar surface area (TPSA) is 79.0 Å². The summed E-state index contributed by atoms with van der Waals surface area (Å²) < 4.78 is 5.85. The van der Waals surface area contributed by atoms with Crippen molar-refractivity contribution in [1.82, 2.24) is 15.1 Å². The Morgan fingerprint density at radius 2 is 1.81 bits per heavy atom. The SMILES string of the molecule is C[C@@H](OCc1ccccc1)[C@@H]1NC(=O)[C@H]2CN(C(=O)c3cc(Cl)cc(Cl)c3)CCN2C1=O. The molecule has 7 nitrogen and oxygen atoms in total. The van der Waals surface area contributed by atoms with Crippen molar-refractivity contribution >= 4 is 40.9 Å². The normalized spacial score (nSPS) is 21.7. The van der Waals surface area contributed by atoms with Gasteiger partial charge in [0, 0.05) is 28.7 Å². The van der Waals surface area contributed by atoms with Crippen molar-refractivity contribution in [2.24, 2.45) is 0 Å². The molecule has 1 N–H and O–H groups in total. The van der Waals surface area contributed by atoms with E-state index in [-0.39, 0.29) is 30.8 Å². The highest BCUT2D eigenvalue weighted by Gasteiger charge is 2.46. The minimum Gasteiger partial charge on any atom is -0.371 e. The van der Waals surface area contributed by atoms with Crippen molar-refractivity contribution in [3.63, 3.8) is 0 Å². The molecular formula is C23H23Cl2N3O4. The lowest BCUT2D eigenvalue weighted by Gasteiger charge is -2.46. The Morgan fingerprint density at radius 3 is 2.50 bits per heavy atom. The molecule has 0 spiro atoms. The Hall–Kier alpha value is -2.61. The quantitative estimate of drug-likeness (QED) is 0.720. The fourth-order valence-electron chi connectivity index (χ4n) is 4.02. The first kappa shape index (κ1) is 22.6. The molecule has 2 aliphatic rings. The molecule has 3 atom stereocenters. The van der Waals surface area contributed by atoms with E-state index < -0.39 is 18.2 Å². The number of carbonyl (C=O) groups is 3. The Labute approximate surface area is 196 Å². The number of benzene rings is 2. The largest absolute Gasteiger partial charge is 0.371 e. The molecule has 0 bridgehead atoms. The number of hydrogen-bond donors (Lipinski definition) is 1. The summed E-state index contributed by atoms with van der Waals surface area (Å²) in [4.78, 5) is 41.9. The van der Waals surface area contributed by atoms with E-state index in [2.05, 4.69) is 5.32 Å². The van der Waals surface area contributed by atoms with E-state index in [4.69, 9.17) is 27.9 Å². The number of nitrogens with one attached hydrogen (secondary N) is 1. The monoisotopic (exact) mass is 475 g/mol. The standard InChI is InChI=1S/C23H23Cl2N3O4/c1-14(32-13-15-5-3-2-4-6-15)20-23(31)28-8-7-27(12-19(28)21(29)26-20)22(30)16-9-17(24)11-18(25)10-16/h2-6,9-11,14,19-20H,7-8,12-13H2,1H3,(H,26,29)/t14-,19-,20+/m1/s1. The number of hydrogen-bond acceptors (Lipinski definition) is 4. The maximum Gasteiger partial charge on any atom is 0.254 e. The van der Waals surface area contributed by atoms with Crippen LogP contribution in [-0.4, -0.2) is 65.3 Å². The molecule has 0 radical (unpaired) electrons. The van der Waals surface area contributed by atoms with Gasteiger partial charge in [-0.1, -0.05) is 53.5 Å². The third kappa shape index (κ3) is 4.75. The molecule has 4 rings (SSSR count). The minimum absolute atomic E-state index is 0.104. The van der Waals surface area contributed by atoms with Crippen LogP contribution >= 0.6 is 23.2 Å². The highest BCUT2D eigenvalue weighted by Crippen LogP contribution is 2.23. The molecule has 2 fully saturated rings. The van der Waals surface area contributed by atoms with Gasteiger partial charge in [0.1, 0.15) is 12.1 Å². The van der Waals surface area contributed by atoms with Gasteiger partial charge >= 0.3 is 0 Å². The molecule has 9 heteroatoms. The van der Waals surface area contributed by atoms with Gasteiger partial charge in [-0.25, -0.2) is 0 Å². The second-order valence-corrected chi connectivity index (χ2v) is 8.82. The van der Waals surface area contributed by atoms with E-state index >= 15 is 0 Å². The molecule has 2 heterocycles. The fourth-order valence-corrected chi connectivity index (χ4v) is 4.55. The average molecular weight is 476 g/mol. The second-order valence-electron chi connectivity index (χ2n) is 7.94. The van der Waals surface area contributed by atoms with Gasteiger partial charge < -0.3 is 19.9 Å². The second kappa shape index (κ2) is 9.48. The number of fused-ring (bicyclic) bond motifs is 1. The van der Waals surface area contributed by atoms with Crippen molar-refractivity contribution in [3.8, 4) is 0 Å². The van der Waals surface area contributed by atoms with E-state index in [1.807, 2.05) is 30.3 Å². The number of rotatable bonds is 5. The lowest BCUT2D eigenvalue weighted by Crippen LogP contribution is -2.71. The maximum atomic E-state index is 13.1. The van der Waals surface area contributed by atoms with Gasteiger partial charge in [0.25, 0.3) is 5.91 Å². The molecule has 32 heavy (non-hydrogen) atoms. The lowest BCUT2D eigenvalue weighted by atomic mass is 10.0. The number of ether oxygens (including phenoxy) is 1. The number of halogens is 2. The molecular weight excluding hydrogens is 453 g/mol. The molecule has 3 amide bonds. The van der Waals surface area contributed by atoms with Crippen LogP contribution in [0.25, 0.3) is 0 Å². The first-order valence-electron chi connectivity index (χ1n) is 10.4. The molecule has 0 aromatic heterocycles. The highest BCUT2D eigenvalue weighted by molar-refractivity contribution is 6.35. The Kier molecular flexibility index (Phi) is 6.69. The van der Waals surface area contributed by atoms with E-state index in [0.29, 0.717) is 28.8 Å². The van der Waals surface area contributed by atoms with Gasteiger partial charge in [0.05, 0.1) is 19.3 Å². The number of piperazine rings is 2. The molecule has 2 aromatic carbocycles. The summed E-state index contributed by atoms with van der Waals surface area (Å²) >= 11 is 12.0. The third-order valence-electron chi connectivity index (χ3n) is 5.75. The van der Waals surface area contributed by atoms with Crippen LogP contribution in [0.1, 0.15) is 22.8 Å². The van der Waals surface area contributed by atoms with Crippen LogP contribution in [0.2, 0.25) is 10.0 Å². The zero-order valence-corrected chi connectivity index (χ0v) is 19.0. The van der Waals surface area contributed by atoms with E-state index in [1.54, 1.807) is 22.8 Å². The van der Waals surface area contributed by atoms with Crippen LogP contribution in [0.5, 0.6) is 0 Å². The molecule has 0 saturated carbocycles. The van der Waals surface area contributed by atoms with E-state index in [1.165, 1.54) is 12.1 Å². The molecule has 0 aliphatic carbocycles. The summed E-state index contributed by atoms with van der Waals surface area (Å²) in [5.41, 5.74) is 1.33. The zero-order chi connectivity index (χ0) is 22.8. The van der Waals surface area contributed by atoms with Gasteiger partial charge in [-0.3, -0.25) is 14.4 Å². The van der Waals surface area contributed by atoms with Crippen molar-refractivity contribution in [3.05, 3.63) is 69.7 Å². The number of carbonyl (C=O) groups excluding carboxylic acids is 3. The van der Waals surface area contributed by atoms with Crippen LogP contribution in [-0.2, 0) is 20.9 Å².